The van der Waals surface area contributed by atoms with E-state index in [1.807, 2.05) is 0 Å². The molecule has 0 saturated carbocycles. The first kappa shape index (κ1) is 8.49. The minimum absolute atomic E-state index is 0.246. The molecule has 2 rings (SSSR count). The smallest absolute Gasteiger partial charge is 0.433 e. The first-order valence-corrected chi connectivity index (χ1v) is 3.84. The molecule has 6 heteroatoms. The molecule has 0 radical (unpaired) electrons. The zero-order valence-electron chi connectivity index (χ0n) is 7.26. The quantitative estimate of drug-likeness (QED) is 0.540. The summed E-state index contributed by atoms with van der Waals surface area (Å²) in [6.07, 6.45) is 1.52. The SMILES string of the molecule is Cc1cnc(-c2ccc([N+](=O)[O-])o2)o1. The summed E-state index contributed by atoms with van der Waals surface area (Å²) >= 11 is 0. The maximum Gasteiger partial charge on any atom is 0.433 e. The van der Waals surface area contributed by atoms with E-state index in [-0.39, 0.29) is 17.5 Å². The number of nitro groups is 1. The summed E-state index contributed by atoms with van der Waals surface area (Å²) in [6.45, 7) is 1.73. The van der Waals surface area contributed by atoms with Crippen molar-refractivity contribution in [3.63, 3.8) is 0 Å². The van der Waals surface area contributed by atoms with Gasteiger partial charge in [0.05, 0.1) is 12.3 Å². The number of oxazole rings is 1. The largest absolute Gasteiger partial charge is 0.439 e. The second-order valence-electron chi connectivity index (χ2n) is 2.67. The molecule has 0 spiro atoms. The van der Waals surface area contributed by atoms with Gasteiger partial charge in [0.25, 0.3) is 5.89 Å². The van der Waals surface area contributed by atoms with Crippen LogP contribution in [0.1, 0.15) is 5.76 Å². The highest BCUT2D eigenvalue weighted by atomic mass is 16.6. The number of furan rings is 1. The summed E-state index contributed by atoms with van der Waals surface area (Å²) in [4.78, 5) is 13.6. The molecule has 0 saturated heterocycles. The van der Waals surface area contributed by atoms with Crippen molar-refractivity contribution in [2.75, 3.05) is 0 Å². The Morgan fingerprint density at radius 2 is 2.21 bits per heavy atom. The van der Waals surface area contributed by atoms with Crippen LogP contribution in [-0.4, -0.2) is 9.91 Å². The average Bonchev–Trinajstić information content (AvgIpc) is 2.70. The Hall–Kier alpha value is -2.11. The minimum atomic E-state index is -0.612. The molecule has 0 aliphatic carbocycles. The molecule has 0 aliphatic rings. The molecule has 14 heavy (non-hydrogen) atoms. The van der Waals surface area contributed by atoms with Gasteiger partial charge in [0.15, 0.2) is 5.76 Å². The van der Waals surface area contributed by atoms with E-state index in [4.69, 9.17) is 8.83 Å². The molecule has 0 unspecified atom stereocenters. The Morgan fingerprint density at radius 1 is 1.43 bits per heavy atom. The summed E-state index contributed by atoms with van der Waals surface area (Å²) < 4.78 is 10.0. The third-order valence-corrected chi connectivity index (χ3v) is 1.60. The van der Waals surface area contributed by atoms with Crippen molar-refractivity contribution in [2.24, 2.45) is 0 Å². The van der Waals surface area contributed by atoms with Crippen LogP contribution >= 0.6 is 0 Å². The molecule has 6 nitrogen and oxygen atoms in total. The highest BCUT2D eigenvalue weighted by Gasteiger charge is 2.15. The van der Waals surface area contributed by atoms with Crippen LogP contribution in [0.15, 0.2) is 27.2 Å². The van der Waals surface area contributed by atoms with Gasteiger partial charge in [0.2, 0.25) is 0 Å². The molecule has 0 aliphatic heterocycles. The maximum atomic E-state index is 10.3. The van der Waals surface area contributed by atoms with E-state index >= 15 is 0 Å². The molecule has 72 valence electrons. The molecule has 0 fully saturated rings. The van der Waals surface area contributed by atoms with Crippen LogP contribution in [0.2, 0.25) is 0 Å². The molecular weight excluding hydrogens is 188 g/mol. The number of aryl methyl sites for hydroxylation is 1. The van der Waals surface area contributed by atoms with Crippen molar-refractivity contribution in [3.05, 3.63) is 34.2 Å². The summed E-state index contributed by atoms with van der Waals surface area (Å²) in [5.41, 5.74) is 0. The van der Waals surface area contributed by atoms with Gasteiger partial charge < -0.3 is 8.83 Å². The minimum Gasteiger partial charge on any atom is -0.439 e. The van der Waals surface area contributed by atoms with Crippen LogP contribution in [0.5, 0.6) is 0 Å². The highest BCUT2D eigenvalue weighted by Crippen LogP contribution is 2.25. The van der Waals surface area contributed by atoms with E-state index in [1.54, 1.807) is 6.92 Å². The van der Waals surface area contributed by atoms with Crippen molar-refractivity contribution < 1.29 is 13.8 Å². The van der Waals surface area contributed by atoms with Gasteiger partial charge in [-0.2, -0.15) is 0 Å². The first-order chi connectivity index (χ1) is 6.66. The normalized spacial score (nSPS) is 10.4. The number of nitrogens with zero attached hydrogens (tertiary/aromatic N) is 2. The fourth-order valence-corrected chi connectivity index (χ4v) is 1.01. The van der Waals surface area contributed by atoms with Gasteiger partial charge in [0.1, 0.15) is 10.7 Å². The molecule has 2 heterocycles. The van der Waals surface area contributed by atoms with Gasteiger partial charge in [-0.05, 0) is 13.0 Å². The second-order valence-corrected chi connectivity index (χ2v) is 2.67. The van der Waals surface area contributed by atoms with Crippen LogP contribution in [0, 0.1) is 17.0 Å². The third-order valence-electron chi connectivity index (χ3n) is 1.60. The van der Waals surface area contributed by atoms with Crippen molar-refractivity contribution >= 4 is 5.88 Å². The van der Waals surface area contributed by atoms with E-state index in [0.29, 0.717) is 5.76 Å². The van der Waals surface area contributed by atoms with Gasteiger partial charge in [-0.25, -0.2) is 4.98 Å². The summed E-state index contributed by atoms with van der Waals surface area (Å²) in [5.74, 6) is 0.801. The summed E-state index contributed by atoms with van der Waals surface area (Å²) in [7, 11) is 0. The molecule has 0 amide bonds. The van der Waals surface area contributed by atoms with Gasteiger partial charge >= 0.3 is 5.88 Å². The molecule has 0 N–H and O–H groups in total. The van der Waals surface area contributed by atoms with E-state index in [0.717, 1.165) is 0 Å². The molecule has 2 aromatic heterocycles. The van der Waals surface area contributed by atoms with Crippen LogP contribution in [0.25, 0.3) is 11.7 Å². The monoisotopic (exact) mass is 194 g/mol. The lowest BCUT2D eigenvalue weighted by Crippen LogP contribution is -1.82. The van der Waals surface area contributed by atoms with Gasteiger partial charge in [-0.1, -0.05) is 0 Å². The van der Waals surface area contributed by atoms with Gasteiger partial charge in [-0.15, -0.1) is 0 Å². The first-order valence-electron chi connectivity index (χ1n) is 3.84. The zero-order valence-corrected chi connectivity index (χ0v) is 7.26. The molecular formula is C8H6N2O4. The van der Waals surface area contributed by atoms with Crippen molar-refractivity contribution in [1.29, 1.82) is 0 Å². The Balaban J connectivity index is 2.38. The lowest BCUT2D eigenvalue weighted by molar-refractivity contribution is -0.401. The van der Waals surface area contributed by atoms with Crippen molar-refractivity contribution in [1.82, 2.24) is 4.98 Å². The standard InChI is InChI=1S/C8H6N2O4/c1-5-4-9-8(13-5)6-2-3-7(14-6)10(11)12/h2-4H,1H3. The Labute approximate surface area is 78.3 Å². The van der Waals surface area contributed by atoms with E-state index in [2.05, 4.69) is 4.98 Å². The highest BCUT2D eigenvalue weighted by molar-refractivity contribution is 5.46. The van der Waals surface area contributed by atoms with Crippen LogP contribution in [-0.2, 0) is 0 Å². The number of hydrogen-bond acceptors (Lipinski definition) is 5. The number of aromatic nitrogens is 1. The molecule has 2 aromatic rings. The van der Waals surface area contributed by atoms with Crippen molar-refractivity contribution in [3.8, 4) is 11.7 Å². The third kappa shape index (κ3) is 1.37. The zero-order chi connectivity index (χ0) is 10.1. The summed E-state index contributed by atoms with van der Waals surface area (Å²) in [5, 5.41) is 10.3. The second kappa shape index (κ2) is 2.99. The predicted octanol–water partition coefficient (Wildman–Crippen LogP) is 2.15. The Morgan fingerprint density at radius 3 is 2.71 bits per heavy atom. The van der Waals surface area contributed by atoms with E-state index in [9.17, 15) is 10.1 Å². The summed E-state index contributed by atoms with van der Waals surface area (Å²) in [6, 6.07) is 2.71. The lowest BCUT2D eigenvalue weighted by atomic mass is 10.4. The lowest BCUT2D eigenvalue weighted by Gasteiger charge is -1.86. The van der Waals surface area contributed by atoms with E-state index < -0.39 is 4.92 Å². The van der Waals surface area contributed by atoms with Crippen molar-refractivity contribution in [2.45, 2.75) is 6.92 Å². The van der Waals surface area contributed by atoms with Crippen LogP contribution < -0.4 is 0 Å². The fraction of sp³-hybridized carbons (Fsp3) is 0.125. The van der Waals surface area contributed by atoms with Crippen LogP contribution in [0.4, 0.5) is 5.88 Å². The number of hydrogen-bond donors (Lipinski definition) is 0. The van der Waals surface area contributed by atoms with Gasteiger partial charge in [0, 0.05) is 0 Å². The number of rotatable bonds is 2. The maximum absolute atomic E-state index is 10.3. The molecule has 0 atom stereocenters. The predicted molar refractivity (Wildman–Crippen MR) is 45.6 cm³/mol. The topological polar surface area (TPSA) is 82.3 Å². The average molecular weight is 194 g/mol. The Bertz CT molecular complexity index is 471. The molecule has 0 aromatic carbocycles. The van der Waals surface area contributed by atoms with E-state index in [1.165, 1.54) is 18.3 Å². The van der Waals surface area contributed by atoms with Gasteiger partial charge in [-0.3, -0.25) is 10.1 Å². The van der Waals surface area contributed by atoms with Crippen LogP contribution in [0.3, 0.4) is 0 Å². The molecule has 0 bridgehead atoms. The Kier molecular flexibility index (Phi) is 1.81. The fourth-order valence-electron chi connectivity index (χ4n) is 1.01.